The van der Waals surface area contributed by atoms with Gasteiger partial charge >= 0.3 is 0 Å². The van der Waals surface area contributed by atoms with Crippen molar-refractivity contribution in [3.05, 3.63) is 30.5 Å². The maximum atomic E-state index is 3.95. The van der Waals surface area contributed by atoms with Crippen LogP contribution in [0.5, 0.6) is 0 Å². The van der Waals surface area contributed by atoms with E-state index >= 15 is 0 Å². The first-order valence-electron chi connectivity index (χ1n) is 3.83. The number of para-hydroxylation sites is 1. The molecule has 12 heavy (non-hydrogen) atoms. The fraction of sp³-hybridized carbons (Fsp3) is 0.100. The molecule has 1 aromatic heterocycles. The summed E-state index contributed by atoms with van der Waals surface area (Å²) >= 11 is 0. The minimum absolute atomic E-state index is 0.952. The van der Waals surface area contributed by atoms with Crippen molar-refractivity contribution < 1.29 is 0 Å². The molecule has 0 amide bonds. The first-order valence-corrected chi connectivity index (χ1v) is 3.83. The van der Waals surface area contributed by atoms with Crippen molar-refractivity contribution in [2.75, 3.05) is 0 Å². The molecule has 60 valence electrons. The van der Waals surface area contributed by atoms with Gasteiger partial charge in [-0.1, -0.05) is 18.2 Å². The van der Waals surface area contributed by atoms with E-state index in [1.165, 1.54) is 5.52 Å². The number of rotatable bonds is 1. The molecule has 0 unspecified atom stereocenters. The van der Waals surface area contributed by atoms with Crippen molar-refractivity contribution in [2.24, 2.45) is 12.0 Å². The predicted molar refractivity (Wildman–Crippen MR) is 52.1 cm³/mol. The number of hydrogen-bond donors (Lipinski definition) is 0. The van der Waals surface area contributed by atoms with Gasteiger partial charge in [0.05, 0.1) is 5.69 Å². The second kappa shape index (κ2) is 2.48. The van der Waals surface area contributed by atoms with Crippen molar-refractivity contribution in [3.8, 4) is 0 Å². The maximum Gasteiger partial charge on any atom is 0.0877 e. The van der Waals surface area contributed by atoms with E-state index in [1.54, 1.807) is 0 Å². The molecule has 0 aliphatic rings. The fourth-order valence-electron chi connectivity index (χ4n) is 1.45. The van der Waals surface area contributed by atoms with E-state index in [2.05, 4.69) is 28.4 Å². The minimum Gasteiger partial charge on any atom is -0.348 e. The molecule has 0 saturated carbocycles. The number of nitrogens with zero attached hydrogens (tertiary/aromatic N) is 2. The van der Waals surface area contributed by atoms with E-state index in [-0.39, 0.29) is 0 Å². The van der Waals surface area contributed by atoms with Gasteiger partial charge in [0.25, 0.3) is 0 Å². The Labute approximate surface area is 71.2 Å². The Morgan fingerprint density at radius 3 is 2.83 bits per heavy atom. The summed E-state index contributed by atoms with van der Waals surface area (Å²) in [6.07, 6.45) is 1.98. The third-order valence-electron chi connectivity index (χ3n) is 2.05. The van der Waals surface area contributed by atoms with E-state index < -0.39 is 0 Å². The summed E-state index contributed by atoms with van der Waals surface area (Å²) in [5, 5.41) is 1.16. The molecule has 0 saturated heterocycles. The van der Waals surface area contributed by atoms with E-state index in [1.807, 2.05) is 25.4 Å². The molecule has 0 atom stereocenters. The van der Waals surface area contributed by atoms with Crippen LogP contribution < -0.4 is 0 Å². The highest BCUT2D eigenvalue weighted by Crippen LogP contribution is 2.26. The number of aromatic nitrogens is 1. The predicted octanol–water partition coefficient (Wildman–Crippen LogP) is 2.51. The molecule has 0 N–H and O–H groups in total. The Kier molecular flexibility index (Phi) is 1.47. The Bertz CT molecular complexity index is 426. The zero-order chi connectivity index (χ0) is 8.55. The molecule has 2 rings (SSSR count). The molecule has 0 aliphatic carbocycles. The zero-order valence-corrected chi connectivity index (χ0v) is 6.99. The highest BCUT2D eigenvalue weighted by Gasteiger charge is 2.01. The number of benzene rings is 1. The van der Waals surface area contributed by atoms with Gasteiger partial charge in [0, 0.05) is 24.1 Å². The minimum atomic E-state index is 0.952. The number of hydrogen-bond acceptors (Lipinski definition) is 1. The quantitative estimate of drug-likeness (QED) is 0.567. The van der Waals surface area contributed by atoms with Crippen molar-refractivity contribution in [1.82, 2.24) is 4.57 Å². The molecule has 2 heteroatoms. The van der Waals surface area contributed by atoms with Crippen LogP contribution >= 0.6 is 0 Å². The largest absolute Gasteiger partial charge is 0.348 e. The van der Waals surface area contributed by atoms with Crippen molar-refractivity contribution in [2.45, 2.75) is 0 Å². The van der Waals surface area contributed by atoms with Crippen LogP contribution in [0.1, 0.15) is 0 Å². The van der Waals surface area contributed by atoms with Gasteiger partial charge < -0.3 is 4.57 Å². The van der Waals surface area contributed by atoms with Crippen molar-refractivity contribution in [1.29, 1.82) is 0 Å². The average Bonchev–Trinajstić information content (AvgIpc) is 2.44. The average molecular weight is 158 g/mol. The highest BCUT2D eigenvalue weighted by atomic mass is 14.9. The van der Waals surface area contributed by atoms with Gasteiger partial charge in [0.2, 0.25) is 0 Å². The second-order valence-corrected chi connectivity index (χ2v) is 2.80. The van der Waals surface area contributed by atoms with Crippen LogP contribution in [-0.2, 0) is 7.05 Å². The number of fused-ring (bicyclic) bond motifs is 1. The molecule has 0 spiro atoms. The lowest BCUT2D eigenvalue weighted by atomic mass is 10.2. The van der Waals surface area contributed by atoms with Gasteiger partial charge in [-0.05, 0) is 12.8 Å². The summed E-state index contributed by atoms with van der Waals surface area (Å²) in [4.78, 5) is 3.95. The lowest BCUT2D eigenvalue weighted by Gasteiger charge is -1.92. The van der Waals surface area contributed by atoms with Gasteiger partial charge in [-0.25, -0.2) is 0 Å². The monoisotopic (exact) mass is 158 g/mol. The van der Waals surface area contributed by atoms with Crippen LogP contribution in [0.4, 0.5) is 5.69 Å². The van der Waals surface area contributed by atoms with Crippen LogP contribution in [0.3, 0.4) is 0 Å². The van der Waals surface area contributed by atoms with E-state index in [0.717, 1.165) is 11.1 Å². The van der Waals surface area contributed by atoms with Gasteiger partial charge in [-0.3, -0.25) is 4.99 Å². The van der Waals surface area contributed by atoms with Gasteiger partial charge in [0.1, 0.15) is 0 Å². The molecule has 0 aliphatic heterocycles. The normalized spacial score (nSPS) is 10.4. The SMILES string of the molecule is C=Nc1cn(C)c2ccccc12. The first-order chi connectivity index (χ1) is 5.83. The summed E-state index contributed by atoms with van der Waals surface area (Å²) in [6.45, 7) is 3.53. The van der Waals surface area contributed by atoms with E-state index in [0.29, 0.717) is 0 Å². The molecule has 0 bridgehead atoms. The van der Waals surface area contributed by atoms with Gasteiger partial charge in [-0.15, -0.1) is 0 Å². The number of aryl methyl sites for hydroxylation is 1. The molecule has 2 nitrogen and oxygen atoms in total. The molecular weight excluding hydrogens is 148 g/mol. The lowest BCUT2D eigenvalue weighted by molar-refractivity contribution is 0.969. The standard InChI is InChI=1S/C10H10N2/c1-11-9-7-12(2)10-6-4-3-5-8(9)10/h3-7H,1H2,2H3. The molecule has 0 radical (unpaired) electrons. The Morgan fingerprint density at radius 2 is 2.08 bits per heavy atom. The smallest absolute Gasteiger partial charge is 0.0877 e. The lowest BCUT2D eigenvalue weighted by Crippen LogP contribution is -1.81. The van der Waals surface area contributed by atoms with Gasteiger partial charge in [0.15, 0.2) is 0 Å². The summed E-state index contributed by atoms with van der Waals surface area (Å²) in [6, 6.07) is 8.16. The Hall–Kier alpha value is -1.57. The summed E-state index contributed by atoms with van der Waals surface area (Å²) in [7, 11) is 2.01. The molecular formula is C10H10N2. The van der Waals surface area contributed by atoms with Crippen LogP contribution in [0, 0.1) is 0 Å². The maximum absolute atomic E-state index is 3.95. The third-order valence-corrected chi connectivity index (χ3v) is 2.05. The molecule has 2 aromatic rings. The van der Waals surface area contributed by atoms with Crippen LogP contribution in [0.25, 0.3) is 10.9 Å². The van der Waals surface area contributed by atoms with Crippen LogP contribution in [0.2, 0.25) is 0 Å². The van der Waals surface area contributed by atoms with Crippen LogP contribution in [-0.4, -0.2) is 11.3 Å². The summed E-state index contributed by atoms with van der Waals surface area (Å²) < 4.78 is 2.05. The van der Waals surface area contributed by atoms with E-state index in [4.69, 9.17) is 0 Å². The first kappa shape index (κ1) is 7.10. The molecule has 1 aromatic carbocycles. The molecule has 0 fully saturated rings. The highest BCUT2D eigenvalue weighted by molar-refractivity contribution is 5.91. The summed E-state index contributed by atoms with van der Waals surface area (Å²) in [5.41, 5.74) is 2.15. The van der Waals surface area contributed by atoms with Gasteiger partial charge in [-0.2, -0.15) is 0 Å². The molecule has 1 heterocycles. The van der Waals surface area contributed by atoms with E-state index in [9.17, 15) is 0 Å². The van der Waals surface area contributed by atoms with Crippen molar-refractivity contribution >= 4 is 23.3 Å². The Balaban J connectivity index is 2.91. The fourth-order valence-corrected chi connectivity index (χ4v) is 1.45. The zero-order valence-electron chi connectivity index (χ0n) is 6.99. The Morgan fingerprint density at radius 1 is 1.33 bits per heavy atom. The number of aliphatic imine (C=N–C) groups is 1. The van der Waals surface area contributed by atoms with Crippen LogP contribution in [0.15, 0.2) is 35.5 Å². The second-order valence-electron chi connectivity index (χ2n) is 2.80. The topological polar surface area (TPSA) is 17.3 Å². The summed E-state index contributed by atoms with van der Waals surface area (Å²) in [5.74, 6) is 0. The van der Waals surface area contributed by atoms with Crippen molar-refractivity contribution in [3.63, 3.8) is 0 Å². The third kappa shape index (κ3) is 0.848.